The molecule has 0 aliphatic carbocycles. The number of benzene rings is 2. The predicted octanol–water partition coefficient (Wildman–Crippen LogP) is 3.97. The summed E-state index contributed by atoms with van der Waals surface area (Å²) in [5.74, 6) is 1.54. The van der Waals surface area contributed by atoms with E-state index in [0.717, 1.165) is 5.56 Å². The topological polar surface area (TPSA) is 105 Å². The molecule has 0 bridgehead atoms. The summed E-state index contributed by atoms with van der Waals surface area (Å²) in [6.07, 6.45) is 1.29. The summed E-state index contributed by atoms with van der Waals surface area (Å²) in [7, 11) is -3.79. The van der Waals surface area contributed by atoms with E-state index < -0.39 is 10.0 Å². The molecule has 0 saturated carbocycles. The van der Waals surface area contributed by atoms with Crippen molar-refractivity contribution in [1.29, 1.82) is 5.26 Å². The molecule has 0 radical (unpaired) electrons. The van der Waals surface area contributed by atoms with Gasteiger partial charge in [0.05, 0.1) is 22.7 Å². The van der Waals surface area contributed by atoms with Crippen molar-refractivity contribution >= 4 is 16.2 Å². The van der Waals surface area contributed by atoms with Gasteiger partial charge in [0.2, 0.25) is 0 Å². The van der Waals surface area contributed by atoms with Crippen LogP contribution in [0.25, 0.3) is 0 Å². The third-order valence-corrected chi connectivity index (χ3v) is 5.81. The Hall–Kier alpha value is -3.57. The van der Waals surface area contributed by atoms with E-state index in [1.54, 1.807) is 50.2 Å². The molecule has 0 fully saturated rings. The number of ether oxygens (including phenoxy) is 1. The van der Waals surface area contributed by atoms with E-state index in [9.17, 15) is 8.42 Å². The average Bonchev–Trinajstić information content (AvgIpc) is 3.13. The van der Waals surface area contributed by atoms with Crippen LogP contribution in [0.1, 0.15) is 33.8 Å². The fourth-order valence-electron chi connectivity index (χ4n) is 3.12. The maximum Gasteiger partial charge on any atom is 0.277 e. The fourth-order valence-corrected chi connectivity index (χ4v) is 4.37. The smallest absolute Gasteiger partial charge is 0.277 e. The largest absolute Gasteiger partial charge is 0.486 e. The maximum absolute atomic E-state index is 12.6. The molecule has 7 nitrogen and oxygen atoms in total. The van der Waals surface area contributed by atoms with Gasteiger partial charge in [-0.05, 0) is 68.3 Å². The van der Waals surface area contributed by atoms with Crippen molar-refractivity contribution in [3.63, 3.8) is 0 Å². The minimum atomic E-state index is -3.79. The van der Waals surface area contributed by atoms with Gasteiger partial charge in [-0.25, -0.2) is 0 Å². The summed E-state index contributed by atoms with van der Waals surface area (Å²) in [4.78, 5) is 2.45. The van der Waals surface area contributed by atoms with E-state index in [2.05, 4.69) is 9.93 Å². The van der Waals surface area contributed by atoms with Gasteiger partial charge in [-0.2, -0.15) is 23.6 Å². The van der Waals surface area contributed by atoms with Crippen LogP contribution in [0.2, 0.25) is 0 Å². The molecule has 0 aliphatic heterocycles. The standard InChI is InChI=1S/C22H21N3O4S/c1-15-10-16(2)22(17(3)11-15)30(26,27)25-24-13-20-8-9-21(29-20)14-28-19-6-4-18(12-23)5-7-19/h4-11,13,25H,14H2,1-3H3. The Morgan fingerprint density at radius 2 is 1.77 bits per heavy atom. The summed E-state index contributed by atoms with van der Waals surface area (Å²) in [5, 5.41) is 12.6. The van der Waals surface area contributed by atoms with Crippen molar-refractivity contribution in [2.24, 2.45) is 5.10 Å². The molecule has 0 aliphatic rings. The van der Waals surface area contributed by atoms with Crippen LogP contribution in [-0.2, 0) is 16.6 Å². The van der Waals surface area contributed by atoms with E-state index in [1.807, 2.05) is 25.1 Å². The molecule has 2 aromatic carbocycles. The molecule has 3 aromatic rings. The lowest BCUT2D eigenvalue weighted by Gasteiger charge is -2.11. The van der Waals surface area contributed by atoms with Crippen molar-refractivity contribution in [1.82, 2.24) is 4.83 Å². The summed E-state index contributed by atoms with van der Waals surface area (Å²) < 4.78 is 36.4. The zero-order valence-electron chi connectivity index (χ0n) is 16.8. The van der Waals surface area contributed by atoms with Crippen LogP contribution >= 0.6 is 0 Å². The van der Waals surface area contributed by atoms with Crippen LogP contribution in [0.3, 0.4) is 0 Å². The van der Waals surface area contributed by atoms with E-state index in [1.165, 1.54) is 6.21 Å². The molecular weight excluding hydrogens is 402 g/mol. The highest BCUT2D eigenvalue weighted by molar-refractivity contribution is 7.89. The van der Waals surface area contributed by atoms with Crippen LogP contribution in [0, 0.1) is 32.1 Å². The monoisotopic (exact) mass is 423 g/mol. The van der Waals surface area contributed by atoms with Crippen molar-refractivity contribution in [3.8, 4) is 11.8 Å². The van der Waals surface area contributed by atoms with Gasteiger partial charge in [0.1, 0.15) is 23.9 Å². The highest BCUT2D eigenvalue weighted by Crippen LogP contribution is 2.21. The zero-order valence-corrected chi connectivity index (χ0v) is 17.7. The molecule has 8 heteroatoms. The number of hydrogen-bond acceptors (Lipinski definition) is 6. The van der Waals surface area contributed by atoms with Gasteiger partial charge in [0, 0.05) is 0 Å². The molecule has 0 atom stereocenters. The van der Waals surface area contributed by atoms with Crippen LogP contribution in [0.5, 0.6) is 5.75 Å². The molecule has 30 heavy (non-hydrogen) atoms. The van der Waals surface area contributed by atoms with E-state index in [-0.39, 0.29) is 11.5 Å². The molecular formula is C22H21N3O4S. The fraction of sp³-hybridized carbons (Fsp3) is 0.182. The lowest BCUT2D eigenvalue weighted by atomic mass is 10.1. The van der Waals surface area contributed by atoms with Gasteiger partial charge in [0.15, 0.2) is 0 Å². The molecule has 0 amide bonds. The predicted molar refractivity (Wildman–Crippen MR) is 113 cm³/mol. The summed E-state index contributed by atoms with van der Waals surface area (Å²) in [6, 6.07) is 15.8. The van der Waals surface area contributed by atoms with E-state index in [0.29, 0.717) is 34.0 Å². The number of aryl methyl sites for hydroxylation is 3. The Kier molecular flexibility index (Phi) is 6.23. The normalized spacial score (nSPS) is 11.4. The summed E-state index contributed by atoms with van der Waals surface area (Å²) in [5.41, 5.74) is 2.88. The quantitative estimate of drug-likeness (QED) is 0.457. The minimum Gasteiger partial charge on any atom is -0.486 e. The Morgan fingerprint density at radius 3 is 2.40 bits per heavy atom. The number of hydrogen-bond donors (Lipinski definition) is 1. The second-order valence-corrected chi connectivity index (χ2v) is 8.41. The van der Waals surface area contributed by atoms with Gasteiger partial charge in [0.25, 0.3) is 10.0 Å². The first-order chi connectivity index (χ1) is 14.3. The van der Waals surface area contributed by atoms with Crippen molar-refractivity contribution in [3.05, 3.63) is 82.3 Å². The van der Waals surface area contributed by atoms with Gasteiger partial charge in [-0.1, -0.05) is 17.7 Å². The van der Waals surface area contributed by atoms with Gasteiger partial charge >= 0.3 is 0 Å². The Bertz CT molecular complexity index is 1200. The molecule has 1 aromatic heterocycles. The Labute approximate surface area is 175 Å². The first-order valence-corrected chi connectivity index (χ1v) is 10.6. The second-order valence-electron chi connectivity index (χ2n) is 6.81. The number of nitrogens with one attached hydrogen (secondary N) is 1. The molecule has 1 N–H and O–H groups in total. The van der Waals surface area contributed by atoms with Crippen LogP contribution in [0.4, 0.5) is 0 Å². The van der Waals surface area contributed by atoms with Crippen molar-refractivity contribution in [2.45, 2.75) is 32.3 Å². The number of furan rings is 1. The third kappa shape index (κ3) is 5.07. The molecule has 3 rings (SSSR count). The lowest BCUT2D eigenvalue weighted by molar-refractivity contribution is 0.270. The highest BCUT2D eigenvalue weighted by Gasteiger charge is 2.19. The number of hydrazone groups is 1. The SMILES string of the molecule is Cc1cc(C)c(S(=O)(=O)NN=Cc2ccc(COc3ccc(C#N)cc3)o2)c(C)c1. The van der Waals surface area contributed by atoms with Gasteiger partial charge < -0.3 is 9.15 Å². The third-order valence-electron chi connectivity index (χ3n) is 4.29. The Morgan fingerprint density at radius 1 is 1.10 bits per heavy atom. The molecule has 1 heterocycles. The summed E-state index contributed by atoms with van der Waals surface area (Å²) in [6.45, 7) is 5.62. The van der Waals surface area contributed by atoms with Crippen molar-refractivity contribution < 1.29 is 17.6 Å². The Balaban J connectivity index is 1.62. The zero-order chi connectivity index (χ0) is 21.7. The van der Waals surface area contributed by atoms with Crippen LogP contribution in [0.15, 0.2) is 62.9 Å². The van der Waals surface area contributed by atoms with E-state index in [4.69, 9.17) is 14.4 Å². The first kappa shape index (κ1) is 21.1. The number of nitriles is 1. The molecule has 0 saturated heterocycles. The van der Waals surface area contributed by atoms with Gasteiger partial charge in [-0.3, -0.25) is 0 Å². The highest BCUT2D eigenvalue weighted by atomic mass is 32.2. The lowest BCUT2D eigenvalue weighted by Crippen LogP contribution is -2.20. The number of rotatable bonds is 7. The van der Waals surface area contributed by atoms with Crippen LogP contribution in [-0.4, -0.2) is 14.6 Å². The van der Waals surface area contributed by atoms with Crippen molar-refractivity contribution in [2.75, 3.05) is 0 Å². The number of nitrogens with zero attached hydrogens (tertiary/aromatic N) is 2. The molecule has 0 unspecified atom stereocenters. The first-order valence-electron chi connectivity index (χ1n) is 9.13. The van der Waals surface area contributed by atoms with Crippen LogP contribution < -0.4 is 9.57 Å². The van der Waals surface area contributed by atoms with Gasteiger partial charge in [-0.15, -0.1) is 0 Å². The average molecular weight is 423 g/mol. The molecule has 154 valence electrons. The maximum atomic E-state index is 12.6. The second kappa shape index (κ2) is 8.84. The summed E-state index contributed by atoms with van der Waals surface area (Å²) >= 11 is 0. The minimum absolute atomic E-state index is 0.188. The number of sulfonamides is 1. The molecule has 0 spiro atoms. The van der Waals surface area contributed by atoms with E-state index >= 15 is 0 Å².